The van der Waals surface area contributed by atoms with Crippen LogP contribution >= 0.6 is 12.4 Å². The molecule has 3 unspecified atom stereocenters. The monoisotopic (exact) mass is 252 g/mol. The zero-order valence-electron chi connectivity index (χ0n) is 9.68. The van der Waals surface area contributed by atoms with E-state index in [1.54, 1.807) is 0 Å². The van der Waals surface area contributed by atoms with Gasteiger partial charge < -0.3 is 20.9 Å². The molecule has 1 amide bonds. The maximum Gasteiger partial charge on any atom is 0.237 e. The Morgan fingerprint density at radius 2 is 2.25 bits per heavy atom. The Hall–Kier alpha value is -0.360. The Bertz CT molecular complexity index is 226. The number of halogens is 1. The number of nitrogens with two attached hydrogens (primary N) is 1. The molecule has 1 heterocycles. The lowest BCUT2D eigenvalue weighted by Gasteiger charge is -2.19. The largest absolute Gasteiger partial charge is 0.366 e. The summed E-state index contributed by atoms with van der Waals surface area (Å²) in [7, 11) is 0. The van der Waals surface area contributed by atoms with Crippen molar-refractivity contribution in [2.75, 3.05) is 6.61 Å². The van der Waals surface area contributed by atoms with Crippen molar-refractivity contribution >= 4 is 18.3 Å². The Kier molecular flexibility index (Phi) is 6.90. The van der Waals surface area contributed by atoms with E-state index in [1.807, 2.05) is 13.8 Å². The lowest BCUT2D eigenvalue weighted by atomic mass is 10.0. The van der Waals surface area contributed by atoms with E-state index in [4.69, 9.17) is 10.5 Å². The number of aliphatic hydroxyl groups is 1. The quantitative estimate of drug-likeness (QED) is 0.658. The van der Waals surface area contributed by atoms with Crippen LogP contribution in [0.5, 0.6) is 0 Å². The second-order valence-electron chi connectivity index (χ2n) is 4.40. The van der Waals surface area contributed by atoms with Gasteiger partial charge in [0.05, 0.1) is 18.7 Å². The summed E-state index contributed by atoms with van der Waals surface area (Å²) in [6, 6.07) is -0.812. The predicted molar refractivity (Wildman–Crippen MR) is 63.2 cm³/mol. The summed E-state index contributed by atoms with van der Waals surface area (Å²) < 4.78 is 4.93. The van der Waals surface area contributed by atoms with Gasteiger partial charge in [-0.25, -0.2) is 0 Å². The summed E-state index contributed by atoms with van der Waals surface area (Å²) in [6.07, 6.45) is 0.400. The molecule has 16 heavy (non-hydrogen) atoms. The highest BCUT2D eigenvalue weighted by Gasteiger charge is 2.29. The van der Waals surface area contributed by atoms with Crippen molar-refractivity contribution in [3.63, 3.8) is 0 Å². The van der Waals surface area contributed by atoms with E-state index < -0.39 is 12.3 Å². The summed E-state index contributed by atoms with van der Waals surface area (Å²) in [5.74, 6) is 0.175. The molecular weight excluding hydrogens is 232 g/mol. The predicted octanol–water partition coefficient (Wildman–Crippen LogP) is 0.00510. The number of amides is 1. The van der Waals surface area contributed by atoms with Crippen molar-refractivity contribution in [1.29, 1.82) is 0 Å². The molecule has 5 nitrogen and oxygen atoms in total. The number of hydrogen-bond donors (Lipinski definition) is 3. The normalized spacial score (nSPS) is 26.3. The van der Waals surface area contributed by atoms with Crippen molar-refractivity contribution in [2.24, 2.45) is 11.7 Å². The molecule has 0 aliphatic carbocycles. The van der Waals surface area contributed by atoms with Gasteiger partial charge >= 0.3 is 0 Å². The van der Waals surface area contributed by atoms with Gasteiger partial charge in [0, 0.05) is 0 Å². The zero-order valence-corrected chi connectivity index (χ0v) is 10.5. The topological polar surface area (TPSA) is 84.6 Å². The molecule has 1 saturated heterocycles. The van der Waals surface area contributed by atoms with Crippen LogP contribution in [0.3, 0.4) is 0 Å². The summed E-state index contributed by atoms with van der Waals surface area (Å²) in [5.41, 5.74) is 5.71. The molecule has 1 fully saturated rings. The SMILES string of the molecule is CC(C)CC(N)C(=O)NC1CCOC1O.Cl. The Labute approximate surface area is 102 Å². The van der Waals surface area contributed by atoms with Crippen LogP contribution in [0.2, 0.25) is 0 Å². The van der Waals surface area contributed by atoms with Gasteiger partial charge in [0.2, 0.25) is 5.91 Å². The smallest absolute Gasteiger partial charge is 0.237 e. The van der Waals surface area contributed by atoms with E-state index in [9.17, 15) is 9.90 Å². The molecule has 0 aromatic rings. The fraction of sp³-hybridized carbons (Fsp3) is 0.900. The maximum absolute atomic E-state index is 11.6. The highest BCUT2D eigenvalue weighted by Crippen LogP contribution is 2.11. The van der Waals surface area contributed by atoms with Gasteiger partial charge in [0.15, 0.2) is 6.29 Å². The highest BCUT2D eigenvalue weighted by molar-refractivity contribution is 5.85. The first kappa shape index (κ1) is 15.6. The first-order chi connectivity index (χ1) is 7.00. The van der Waals surface area contributed by atoms with E-state index in [-0.39, 0.29) is 24.4 Å². The van der Waals surface area contributed by atoms with Crippen molar-refractivity contribution in [1.82, 2.24) is 5.32 Å². The average molecular weight is 253 g/mol. The summed E-state index contributed by atoms with van der Waals surface area (Å²) >= 11 is 0. The second kappa shape index (κ2) is 7.06. The molecule has 1 aliphatic heterocycles. The van der Waals surface area contributed by atoms with Gasteiger partial charge in [-0.3, -0.25) is 4.79 Å². The number of rotatable bonds is 4. The van der Waals surface area contributed by atoms with Crippen molar-refractivity contribution in [2.45, 2.75) is 45.1 Å². The van der Waals surface area contributed by atoms with Crippen molar-refractivity contribution in [3.05, 3.63) is 0 Å². The van der Waals surface area contributed by atoms with Gasteiger partial charge in [-0.1, -0.05) is 13.8 Å². The standard InChI is InChI=1S/C10H20N2O3.ClH/c1-6(2)5-7(11)9(13)12-8-3-4-15-10(8)14;/h6-8,10,14H,3-5,11H2,1-2H3,(H,12,13);1H. The molecule has 0 radical (unpaired) electrons. The summed E-state index contributed by atoms with van der Waals surface area (Å²) in [5, 5.41) is 12.0. The zero-order chi connectivity index (χ0) is 11.4. The number of carbonyl (C=O) groups excluding carboxylic acids is 1. The second-order valence-corrected chi connectivity index (χ2v) is 4.40. The number of nitrogens with one attached hydrogen (secondary N) is 1. The van der Waals surface area contributed by atoms with E-state index in [2.05, 4.69) is 5.32 Å². The van der Waals surface area contributed by atoms with E-state index in [1.165, 1.54) is 0 Å². The lowest BCUT2D eigenvalue weighted by molar-refractivity contribution is -0.126. The first-order valence-corrected chi connectivity index (χ1v) is 5.36. The van der Waals surface area contributed by atoms with E-state index >= 15 is 0 Å². The van der Waals surface area contributed by atoms with Crippen LogP contribution in [0.25, 0.3) is 0 Å². The minimum atomic E-state index is -0.889. The number of ether oxygens (including phenoxy) is 1. The van der Waals surface area contributed by atoms with Gasteiger partial charge in [0.25, 0.3) is 0 Å². The van der Waals surface area contributed by atoms with E-state index in [0.717, 1.165) is 0 Å². The molecule has 0 spiro atoms. The third-order valence-corrected chi connectivity index (χ3v) is 2.45. The average Bonchev–Trinajstić information content (AvgIpc) is 2.50. The third kappa shape index (κ3) is 4.65. The molecule has 1 rings (SSSR count). The molecule has 0 saturated carbocycles. The number of aliphatic hydroxyl groups excluding tert-OH is 1. The number of hydrogen-bond acceptors (Lipinski definition) is 4. The van der Waals surface area contributed by atoms with Gasteiger partial charge in [0.1, 0.15) is 0 Å². The highest BCUT2D eigenvalue weighted by atomic mass is 35.5. The van der Waals surface area contributed by atoms with Gasteiger partial charge in [-0.2, -0.15) is 0 Å². The van der Waals surface area contributed by atoms with Crippen LogP contribution < -0.4 is 11.1 Å². The van der Waals surface area contributed by atoms with E-state index in [0.29, 0.717) is 25.4 Å². The molecule has 4 N–H and O–H groups in total. The summed E-state index contributed by atoms with van der Waals surface area (Å²) in [4.78, 5) is 11.6. The summed E-state index contributed by atoms with van der Waals surface area (Å²) in [6.45, 7) is 4.51. The fourth-order valence-electron chi connectivity index (χ4n) is 1.62. The van der Waals surface area contributed by atoms with Crippen LogP contribution in [0.4, 0.5) is 0 Å². The molecule has 1 aliphatic rings. The molecule has 0 aromatic heterocycles. The molecule has 0 aromatic carbocycles. The Morgan fingerprint density at radius 1 is 1.62 bits per heavy atom. The lowest BCUT2D eigenvalue weighted by Crippen LogP contribution is -2.48. The van der Waals surface area contributed by atoms with Crippen molar-refractivity contribution in [3.8, 4) is 0 Å². The minimum absolute atomic E-state index is 0. The molecule has 6 heteroatoms. The van der Waals surface area contributed by atoms with Crippen LogP contribution in [0.15, 0.2) is 0 Å². The molecule has 3 atom stereocenters. The molecule has 96 valence electrons. The van der Waals surface area contributed by atoms with Crippen LogP contribution in [-0.2, 0) is 9.53 Å². The van der Waals surface area contributed by atoms with Crippen molar-refractivity contribution < 1.29 is 14.6 Å². The third-order valence-electron chi connectivity index (χ3n) is 2.45. The van der Waals surface area contributed by atoms with Gasteiger partial charge in [-0.05, 0) is 18.8 Å². The molecular formula is C10H21ClN2O3. The number of carbonyl (C=O) groups is 1. The maximum atomic E-state index is 11.6. The fourth-order valence-corrected chi connectivity index (χ4v) is 1.62. The minimum Gasteiger partial charge on any atom is -0.366 e. The molecule has 0 bridgehead atoms. The Morgan fingerprint density at radius 3 is 2.69 bits per heavy atom. The van der Waals surface area contributed by atoms with Crippen LogP contribution in [0, 0.1) is 5.92 Å². The Balaban J connectivity index is 0.00000225. The van der Waals surface area contributed by atoms with Gasteiger partial charge in [-0.15, -0.1) is 12.4 Å². The van der Waals surface area contributed by atoms with Crippen LogP contribution in [0.1, 0.15) is 26.7 Å². The van der Waals surface area contributed by atoms with Crippen LogP contribution in [-0.4, -0.2) is 36.0 Å². The first-order valence-electron chi connectivity index (χ1n) is 5.36.